The Balaban J connectivity index is 1.31. The van der Waals surface area contributed by atoms with Gasteiger partial charge in [0.2, 0.25) is 0 Å². The van der Waals surface area contributed by atoms with Crippen LogP contribution in [0.2, 0.25) is 0 Å². The van der Waals surface area contributed by atoms with Gasteiger partial charge in [0.1, 0.15) is 0 Å². The highest BCUT2D eigenvalue weighted by Crippen LogP contribution is 2.15. The quantitative estimate of drug-likeness (QED) is 0.728. The normalized spacial score (nSPS) is 29.1. The topological polar surface area (TPSA) is 31.0 Å². The fourth-order valence-corrected chi connectivity index (χ4v) is 3.30. The SMILES string of the molecule is C1CNCCN(C2CN(CCN3CCOCC3)C2)C1. The maximum atomic E-state index is 5.39. The molecule has 0 amide bonds. The molecule has 0 radical (unpaired) electrons. The molecule has 19 heavy (non-hydrogen) atoms. The van der Waals surface area contributed by atoms with Gasteiger partial charge in [-0.05, 0) is 19.5 Å². The summed E-state index contributed by atoms with van der Waals surface area (Å²) in [4.78, 5) is 7.83. The van der Waals surface area contributed by atoms with Crippen LogP contribution in [0, 0.1) is 0 Å². The Hall–Kier alpha value is -0.200. The van der Waals surface area contributed by atoms with E-state index in [-0.39, 0.29) is 0 Å². The third kappa shape index (κ3) is 3.89. The zero-order valence-corrected chi connectivity index (χ0v) is 12.0. The van der Waals surface area contributed by atoms with E-state index in [0.717, 1.165) is 32.3 Å². The van der Waals surface area contributed by atoms with Gasteiger partial charge in [0, 0.05) is 58.4 Å². The Labute approximate surface area is 116 Å². The van der Waals surface area contributed by atoms with Crippen LogP contribution in [0.1, 0.15) is 6.42 Å². The van der Waals surface area contributed by atoms with Crippen molar-refractivity contribution in [1.82, 2.24) is 20.0 Å². The molecule has 5 heteroatoms. The Bertz CT molecular complexity index is 256. The molecule has 3 aliphatic heterocycles. The Kier molecular flexibility index (Phi) is 5.07. The number of morpholine rings is 1. The minimum Gasteiger partial charge on any atom is -0.379 e. The predicted octanol–water partition coefficient (Wildman–Crippen LogP) is -0.702. The number of nitrogens with one attached hydrogen (secondary N) is 1. The number of hydrogen-bond donors (Lipinski definition) is 1. The maximum absolute atomic E-state index is 5.39. The molecule has 3 saturated heterocycles. The van der Waals surface area contributed by atoms with E-state index < -0.39 is 0 Å². The molecule has 0 saturated carbocycles. The molecule has 110 valence electrons. The van der Waals surface area contributed by atoms with Crippen LogP contribution in [0.25, 0.3) is 0 Å². The highest BCUT2D eigenvalue weighted by atomic mass is 16.5. The third-order valence-corrected chi connectivity index (χ3v) is 4.67. The van der Waals surface area contributed by atoms with Crippen molar-refractivity contribution in [2.24, 2.45) is 0 Å². The number of rotatable bonds is 4. The van der Waals surface area contributed by atoms with Crippen molar-refractivity contribution >= 4 is 0 Å². The van der Waals surface area contributed by atoms with Gasteiger partial charge in [-0.2, -0.15) is 0 Å². The molecule has 0 aromatic rings. The van der Waals surface area contributed by atoms with Crippen molar-refractivity contribution in [3.8, 4) is 0 Å². The zero-order chi connectivity index (χ0) is 12.9. The van der Waals surface area contributed by atoms with Gasteiger partial charge in [-0.1, -0.05) is 0 Å². The fraction of sp³-hybridized carbons (Fsp3) is 1.00. The van der Waals surface area contributed by atoms with Crippen LogP contribution in [0.15, 0.2) is 0 Å². The molecule has 0 unspecified atom stereocenters. The summed E-state index contributed by atoms with van der Waals surface area (Å²) in [6, 6.07) is 0.824. The lowest BCUT2D eigenvalue weighted by Crippen LogP contribution is -2.61. The maximum Gasteiger partial charge on any atom is 0.0594 e. The van der Waals surface area contributed by atoms with Gasteiger partial charge in [0.25, 0.3) is 0 Å². The molecule has 3 heterocycles. The van der Waals surface area contributed by atoms with E-state index in [1.807, 2.05) is 0 Å². The molecule has 0 aliphatic carbocycles. The molecule has 1 N–H and O–H groups in total. The first-order chi connectivity index (χ1) is 9.42. The summed E-state index contributed by atoms with van der Waals surface area (Å²) in [5.41, 5.74) is 0. The van der Waals surface area contributed by atoms with Crippen molar-refractivity contribution < 1.29 is 4.74 Å². The lowest BCUT2D eigenvalue weighted by molar-refractivity contribution is 0.00861. The summed E-state index contributed by atoms with van der Waals surface area (Å²) < 4.78 is 5.39. The molecule has 0 bridgehead atoms. The van der Waals surface area contributed by atoms with Gasteiger partial charge in [-0.3, -0.25) is 14.7 Å². The second kappa shape index (κ2) is 6.99. The van der Waals surface area contributed by atoms with Crippen LogP contribution < -0.4 is 5.32 Å². The lowest BCUT2D eigenvalue weighted by Gasteiger charge is -2.46. The van der Waals surface area contributed by atoms with Crippen LogP contribution >= 0.6 is 0 Å². The summed E-state index contributed by atoms with van der Waals surface area (Å²) in [6.07, 6.45) is 1.31. The van der Waals surface area contributed by atoms with Crippen molar-refractivity contribution in [2.45, 2.75) is 12.5 Å². The number of nitrogens with zero attached hydrogens (tertiary/aromatic N) is 3. The zero-order valence-electron chi connectivity index (χ0n) is 12.0. The average molecular weight is 268 g/mol. The standard InChI is InChI=1S/C14H28N4O/c1-2-15-3-5-18(4-1)14-12-17(13-14)7-6-16-8-10-19-11-9-16/h14-15H,1-13H2. The highest BCUT2D eigenvalue weighted by Gasteiger charge is 2.31. The van der Waals surface area contributed by atoms with E-state index in [0.29, 0.717) is 0 Å². The Morgan fingerprint density at radius 1 is 0.895 bits per heavy atom. The monoisotopic (exact) mass is 268 g/mol. The van der Waals surface area contributed by atoms with E-state index >= 15 is 0 Å². The largest absolute Gasteiger partial charge is 0.379 e. The van der Waals surface area contributed by atoms with Crippen LogP contribution in [-0.4, -0.2) is 99.4 Å². The van der Waals surface area contributed by atoms with Crippen molar-refractivity contribution in [3.63, 3.8) is 0 Å². The van der Waals surface area contributed by atoms with Gasteiger partial charge in [-0.25, -0.2) is 0 Å². The molecule has 3 aliphatic rings. The van der Waals surface area contributed by atoms with E-state index in [2.05, 4.69) is 20.0 Å². The Morgan fingerprint density at radius 3 is 2.53 bits per heavy atom. The number of hydrogen-bond acceptors (Lipinski definition) is 5. The first kappa shape index (κ1) is 13.8. The van der Waals surface area contributed by atoms with Gasteiger partial charge in [0.15, 0.2) is 0 Å². The minimum atomic E-state index is 0.824. The number of ether oxygens (including phenoxy) is 1. The van der Waals surface area contributed by atoms with Crippen molar-refractivity contribution in [3.05, 3.63) is 0 Å². The molecule has 0 aromatic carbocycles. The summed E-state index contributed by atoms with van der Waals surface area (Å²) in [5, 5.41) is 3.49. The average Bonchev–Trinajstić information content (AvgIpc) is 2.67. The summed E-state index contributed by atoms with van der Waals surface area (Å²) in [6.45, 7) is 14.0. The van der Waals surface area contributed by atoms with Crippen molar-refractivity contribution in [1.29, 1.82) is 0 Å². The van der Waals surface area contributed by atoms with Crippen LogP contribution in [0.4, 0.5) is 0 Å². The smallest absolute Gasteiger partial charge is 0.0594 e. The highest BCUT2D eigenvalue weighted by molar-refractivity contribution is 4.89. The molecular weight excluding hydrogens is 240 g/mol. The summed E-state index contributed by atoms with van der Waals surface area (Å²) in [7, 11) is 0. The summed E-state index contributed by atoms with van der Waals surface area (Å²) >= 11 is 0. The first-order valence-corrected chi connectivity index (χ1v) is 7.89. The van der Waals surface area contributed by atoms with Crippen LogP contribution in [0.3, 0.4) is 0 Å². The van der Waals surface area contributed by atoms with Crippen LogP contribution in [0.5, 0.6) is 0 Å². The van der Waals surface area contributed by atoms with E-state index in [4.69, 9.17) is 4.74 Å². The molecule has 3 rings (SSSR count). The fourth-order valence-electron chi connectivity index (χ4n) is 3.30. The van der Waals surface area contributed by atoms with E-state index in [9.17, 15) is 0 Å². The van der Waals surface area contributed by atoms with Crippen LogP contribution in [-0.2, 0) is 4.74 Å². The molecule has 3 fully saturated rings. The molecule has 0 atom stereocenters. The van der Waals surface area contributed by atoms with Crippen molar-refractivity contribution in [2.75, 3.05) is 78.7 Å². The van der Waals surface area contributed by atoms with Gasteiger partial charge >= 0.3 is 0 Å². The predicted molar refractivity (Wildman–Crippen MR) is 76.5 cm³/mol. The molecule has 0 aromatic heterocycles. The second-order valence-electron chi connectivity index (χ2n) is 6.01. The third-order valence-electron chi connectivity index (χ3n) is 4.67. The molecule has 0 spiro atoms. The first-order valence-electron chi connectivity index (χ1n) is 7.89. The van der Waals surface area contributed by atoms with E-state index in [1.54, 1.807) is 0 Å². The van der Waals surface area contributed by atoms with Gasteiger partial charge in [-0.15, -0.1) is 0 Å². The summed E-state index contributed by atoms with van der Waals surface area (Å²) in [5.74, 6) is 0. The molecular formula is C14H28N4O. The van der Waals surface area contributed by atoms with Gasteiger partial charge < -0.3 is 10.1 Å². The van der Waals surface area contributed by atoms with E-state index in [1.165, 1.54) is 58.8 Å². The van der Waals surface area contributed by atoms with Gasteiger partial charge in [0.05, 0.1) is 13.2 Å². The molecule has 5 nitrogen and oxygen atoms in total. The second-order valence-corrected chi connectivity index (χ2v) is 6.01. The number of likely N-dealkylation sites (tertiary alicyclic amines) is 1. The lowest BCUT2D eigenvalue weighted by atomic mass is 10.1. The minimum absolute atomic E-state index is 0.824. The Morgan fingerprint density at radius 2 is 1.68 bits per heavy atom.